The van der Waals surface area contributed by atoms with E-state index in [1.54, 1.807) is 6.20 Å². The van der Waals surface area contributed by atoms with Gasteiger partial charge in [0.1, 0.15) is 0 Å². The molecule has 0 saturated carbocycles. The van der Waals surface area contributed by atoms with E-state index in [0.29, 0.717) is 5.02 Å². The molecule has 3 rings (SSSR count). The predicted octanol–water partition coefficient (Wildman–Crippen LogP) is 5.57. The van der Waals surface area contributed by atoms with Crippen LogP contribution in [0.4, 0.5) is 5.69 Å². The summed E-state index contributed by atoms with van der Waals surface area (Å²) in [5, 5.41) is 5.17. The van der Waals surface area contributed by atoms with Crippen LogP contribution in [0.25, 0.3) is 10.9 Å². The summed E-state index contributed by atoms with van der Waals surface area (Å²) < 4.78 is 1.12. The molecule has 3 aromatic rings. The van der Waals surface area contributed by atoms with E-state index in [4.69, 9.17) is 11.6 Å². The van der Waals surface area contributed by atoms with Gasteiger partial charge in [-0.3, -0.25) is 4.98 Å². The van der Waals surface area contributed by atoms with Gasteiger partial charge in [-0.15, -0.1) is 0 Å². The normalized spacial score (nSPS) is 10.8. The minimum atomic E-state index is 0.674. The highest BCUT2D eigenvalue weighted by Gasteiger charge is 2.06. The van der Waals surface area contributed by atoms with Crippen LogP contribution >= 0.6 is 27.5 Å². The summed E-state index contributed by atoms with van der Waals surface area (Å²) in [6.07, 6.45) is 1.76. The number of aromatic nitrogens is 1. The highest BCUT2D eigenvalue weighted by atomic mass is 79.9. The molecule has 0 unspecified atom stereocenters. The molecule has 1 heterocycles. The Kier molecular flexibility index (Phi) is 4.13. The van der Waals surface area contributed by atoms with Crippen LogP contribution in [0.2, 0.25) is 5.02 Å². The quantitative estimate of drug-likeness (QED) is 0.659. The van der Waals surface area contributed by atoms with Gasteiger partial charge in [0.15, 0.2) is 0 Å². The molecule has 0 aliphatic heterocycles. The average molecular weight is 362 g/mol. The van der Waals surface area contributed by atoms with Crippen LogP contribution in [0.3, 0.4) is 0 Å². The summed E-state index contributed by atoms with van der Waals surface area (Å²) in [4.78, 5) is 4.34. The molecule has 1 aromatic heterocycles. The summed E-state index contributed by atoms with van der Waals surface area (Å²) >= 11 is 9.80. The third-order valence-corrected chi connectivity index (χ3v) is 4.44. The lowest BCUT2D eigenvalue weighted by molar-refractivity contribution is 1.13. The van der Waals surface area contributed by atoms with Crippen molar-refractivity contribution in [2.75, 3.05) is 5.32 Å². The number of pyridine rings is 1. The Morgan fingerprint density at radius 1 is 1.19 bits per heavy atom. The number of rotatable bonds is 3. The largest absolute Gasteiger partial charge is 0.380 e. The van der Waals surface area contributed by atoms with Gasteiger partial charge >= 0.3 is 0 Å². The van der Waals surface area contributed by atoms with Crippen LogP contribution in [0.15, 0.2) is 53.1 Å². The maximum absolute atomic E-state index is 6.19. The monoisotopic (exact) mass is 360 g/mol. The van der Waals surface area contributed by atoms with Crippen LogP contribution in [-0.2, 0) is 6.54 Å². The zero-order valence-electron chi connectivity index (χ0n) is 11.5. The second kappa shape index (κ2) is 6.04. The summed E-state index contributed by atoms with van der Waals surface area (Å²) in [6.45, 7) is 2.83. The van der Waals surface area contributed by atoms with Crippen LogP contribution in [0, 0.1) is 6.92 Å². The Bertz CT molecular complexity index is 802. The van der Waals surface area contributed by atoms with Crippen molar-refractivity contribution in [3.05, 3.63) is 69.3 Å². The zero-order valence-corrected chi connectivity index (χ0v) is 13.9. The smallest absolute Gasteiger partial charge is 0.0908 e. The van der Waals surface area contributed by atoms with Crippen molar-refractivity contribution in [1.29, 1.82) is 0 Å². The van der Waals surface area contributed by atoms with E-state index in [0.717, 1.165) is 27.6 Å². The molecule has 1 N–H and O–H groups in total. The second-order valence-electron chi connectivity index (χ2n) is 4.94. The van der Waals surface area contributed by atoms with Gasteiger partial charge in [-0.25, -0.2) is 0 Å². The molecule has 4 heteroatoms. The fourth-order valence-electron chi connectivity index (χ4n) is 2.28. The predicted molar refractivity (Wildman–Crippen MR) is 93.0 cm³/mol. The van der Waals surface area contributed by atoms with Crippen LogP contribution < -0.4 is 5.32 Å². The number of benzene rings is 2. The second-order valence-corrected chi connectivity index (χ2v) is 6.20. The third-order valence-electron chi connectivity index (χ3n) is 3.40. The molecular formula is C17H14BrClN2. The first-order chi connectivity index (χ1) is 10.1. The number of hydrogen-bond acceptors (Lipinski definition) is 2. The fraction of sp³-hybridized carbons (Fsp3) is 0.118. The lowest BCUT2D eigenvalue weighted by Crippen LogP contribution is -2.01. The van der Waals surface area contributed by atoms with Crippen molar-refractivity contribution in [2.45, 2.75) is 13.5 Å². The summed E-state index contributed by atoms with van der Waals surface area (Å²) in [7, 11) is 0. The fourth-order valence-corrected chi connectivity index (χ4v) is 3.13. The summed E-state index contributed by atoms with van der Waals surface area (Å²) in [5.41, 5.74) is 4.32. The summed E-state index contributed by atoms with van der Waals surface area (Å²) in [6, 6.07) is 14.2. The average Bonchev–Trinajstić information content (AvgIpc) is 2.48. The molecule has 106 valence electrons. The molecule has 0 radical (unpaired) electrons. The van der Waals surface area contributed by atoms with Gasteiger partial charge in [-0.2, -0.15) is 0 Å². The van der Waals surface area contributed by atoms with Gasteiger partial charge in [-0.05, 0) is 48.4 Å². The minimum Gasteiger partial charge on any atom is -0.380 e. The molecule has 2 nitrogen and oxygen atoms in total. The van der Waals surface area contributed by atoms with Crippen molar-refractivity contribution in [3.8, 4) is 0 Å². The first kappa shape index (κ1) is 14.4. The van der Waals surface area contributed by atoms with Gasteiger partial charge < -0.3 is 5.32 Å². The third kappa shape index (κ3) is 3.04. The van der Waals surface area contributed by atoms with E-state index in [9.17, 15) is 0 Å². The number of nitrogens with zero attached hydrogens (tertiary/aromatic N) is 1. The van der Waals surface area contributed by atoms with Crippen LogP contribution in [-0.4, -0.2) is 4.98 Å². The lowest BCUT2D eigenvalue weighted by Gasteiger charge is -2.12. The van der Waals surface area contributed by atoms with E-state index in [2.05, 4.69) is 51.4 Å². The lowest BCUT2D eigenvalue weighted by atomic mass is 10.1. The Hall–Kier alpha value is -1.58. The van der Waals surface area contributed by atoms with Gasteiger partial charge in [0.25, 0.3) is 0 Å². The first-order valence-electron chi connectivity index (χ1n) is 6.67. The number of anilines is 1. The highest BCUT2D eigenvalue weighted by molar-refractivity contribution is 9.10. The number of hydrogen-bond donors (Lipinski definition) is 1. The molecule has 0 aliphatic carbocycles. The first-order valence-corrected chi connectivity index (χ1v) is 7.84. The van der Waals surface area contributed by atoms with Gasteiger partial charge in [-0.1, -0.05) is 39.7 Å². The molecule has 0 spiro atoms. The Morgan fingerprint density at radius 2 is 2.05 bits per heavy atom. The Labute approximate surface area is 137 Å². The number of nitrogens with one attached hydrogen (secondary N) is 1. The maximum Gasteiger partial charge on any atom is 0.0908 e. The molecule has 0 amide bonds. The number of fused-ring (bicyclic) bond motifs is 1. The van der Waals surface area contributed by atoms with Crippen LogP contribution in [0.5, 0.6) is 0 Å². The van der Waals surface area contributed by atoms with Gasteiger partial charge in [0.2, 0.25) is 0 Å². The Balaban J connectivity index is 1.90. The topological polar surface area (TPSA) is 24.9 Å². The Morgan fingerprint density at radius 3 is 2.86 bits per heavy atom. The minimum absolute atomic E-state index is 0.674. The van der Waals surface area contributed by atoms with E-state index < -0.39 is 0 Å². The van der Waals surface area contributed by atoms with E-state index >= 15 is 0 Å². The standard InChI is InChI=1S/C17H14BrClN2/c1-11-4-5-12(14(18)9-11)10-21-16-7-6-15(19)17-13(16)3-2-8-20-17/h2-9,21H,10H2,1H3. The molecule has 0 saturated heterocycles. The molecule has 0 bridgehead atoms. The maximum atomic E-state index is 6.19. The molecule has 0 aliphatic rings. The van der Waals surface area contributed by atoms with E-state index in [1.165, 1.54) is 11.1 Å². The van der Waals surface area contributed by atoms with Crippen molar-refractivity contribution < 1.29 is 0 Å². The van der Waals surface area contributed by atoms with Crippen LogP contribution in [0.1, 0.15) is 11.1 Å². The van der Waals surface area contributed by atoms with Crippen molar-refractivity contribution in [2.24, 2.45) is 0 Å². The number of halogens is 2. The highest BCUT2D eigenvalue weighted by Crippen LogP contribution is 2.29. The van der Waals surface area contributed by atoms with Crippen molar-refractivity contribution in [3.63, 3.8) is 0 Å². The van der Waals surface area contributed by atoms with Crippen molar-refractivity contribution in [1.82, 2.24) is 4.98 Å². The van der Waals surface area contributed by atoms with E-state index in [-0.39, 0.29) is 0 Å². The zero-order chi connectivity index (χ0) is 14.8. The number of aryl methyl sites for hydroxylation is 1. The van der Waals surface area contributed by atoms with E-state index in [1.807, 2.05) is 24.3 Å². The van der Waals surface area contributed by atoms with Gasteiger partial charge in [0.05, 0.1) is 10.5 Å². The molecule has 0 atom stereocenters. The van der Waals surface area contributed by atoms with Crippen molar-refractivity contribution >= 4 is 44.1 Å². The molecule has 21 heavy (non-hydrogen) atoms. The molecule has 2 aromatic carbocycles. The SMILES string of the molecule is Cc1ccc(CNc2ccc(Cl)c3ncccc23)c(Br)c1. The molecule has 0 fully saturated rings. The summed E-state index contributed by atoms with van der Waals surface area (Å²) in [5.74, 6) is 0. The molecular weight excluding hydrogens is 348 g/mol. The van der Waals surface area contributed by atoms with Gasteiger partial charge in [0, 0.05) is 28.3 Å².